The van der Waals surface area contributed by atoms with Crippen LogP contribution < -0.4 is 10.1 Å². The standard InChI is InChI=1S/C23H25ClN2O3S/c1-15-3-8-18-20(13-15)30-22(21(18)24)23(27)25-14-19(26-9-11-29-12-10-26)16-4-6-17(28-2)7-5-16/h3-8,13,19H,9-12,14H2,1-2H3,(H,25,27). The molecule has 1 aliphatic rings. The van der Waals surface area contributed by atoms with Crippen LogP contribution in [0.3, 0.4) is 0 Å². The Morgan fingerprint density at radius 3 is 2.67 bits per heavy atom. The van der Waals surface area contributed by atoms with E-state index in [4.69, 9.17) is 21.1 Å². The summed E-state index contributed by atoms with van der Waals surface area (Å²) in [6, 6.07) is 14.1. The maximum Gasteiger partial charge on any atom is 0.262 e. The Morgan fingerprint density at radius 1 is 1.23 bits per heavy atom. The number of fused-ring (bicyclic) bond motifs is 1. The molecule has 0 aliphatic carbocycles. The third-order valence-electron chi connectivity index (χ3n) is 5.43. The molecule has 30 heavy (non-hydrogen) atoms. The van der Waals surface area contributed by atoms with E-state index >= 15 is 0 Å². The second kappa shape index (κ2) is 9.35. The molecule has 2 aromatic carbocycles. The van der Waals surface area contributed by atoms with Crippen LogP contribution in [-0.4, -0.2) is 50.8 Å². The Balaban J connectivity index is 1.54. The van der Waals surface area contributed by atoms with E-state index in [0.717, 1.165) is 40.1 Å². The molecule has 1 amide bonds. The van der Waals surface area contributed by atoms with Gasteiger partial charge in [-0.1, -0.05) is 35.9 Å². The number of ether oxygens (including phenoxy) is 2. The summed E-state index contributed by atoms with van der Waals surface area (Å²) < 4.78 is 11.8. The van der Waals surface area contributed by atoms with E-state index in [1.54, 1.807) is 7.11 Å². The minimum absolute atomic E-state index is 0.0548. The number of rotatable bonds is 6. The summed E-state index contributed by atoms with van der Waals surface area (Å²) in [5, 5.41) is 4.57. The highest BCUT2D eigenvalue weighted by Crippen LogP contribution is 2.36. The highest BCUT2D eigenvalue weighted by molar-refractivity contribution is 7.21. The first-order chi connectivity index (χ1) is 14.6. The molecule has 0 radical (unpaired) electrons. The van der Waals surface area contributed by atoms with Crippen LogP contribution >= 0.6 is 22.9 Å². The van der Waals surface area contributed by atoms with Gasteiger partial charge >= 0.3 is 0 Å². The molecule has 2 heterocycles. The van der Waals surface area contributed by atoms with E-state index in [9.17, 15) is 4.79 Å². The predicted octanol–water partition coefficient (Wildman–Crippen LogP) is 4.68. The normalized spacial score (nSPS) is 15.8. The molecule has 158 valence electrons. The summed E-state index contributed by atoms with van der Waals surface area (Å²) in [4.78, 5) is 15.9. The lowest BCUT2D eigenvalue weighted by atomic mass is 10.0. The van der Waals surface area contributed by atoms with Crippen LogP contribution in [0.5, 0.6) is 5.75 Å². The molecular formula is C23H25ClN2O3S. The largest absolute Gasteiger partial charge is 0.497 e. The molecule has 1 N–H and O–H groups in total. The van der Waals surface area contributed by atoms with Gasteiger partial charge in [-0.2, -0.15) is 0 Å². The van der Waals surface area contributed by atoms with Gasteiger partial charge in [-0.3, -0.25) is 9.69 Å². The minimum Gasteiger partial charge on any atom is -0.497 e. The Labute approximate surface area is 185 Å². The van der Waals surface area contributed by atoms with Crippen molar-refractivity contribution in [1.29, 1.82) is 0 Å². The van der Waals surface area contributed by atoms with Gasteiger partial charge in [0.25, 0.3) is 5.91 Å². The molecule has 1 aliphatic heterocycles. The van der Waals surface area contributed by atoms with Crippen LogP contribution in [0.1, 0.15) is 26.8 Å². The second-order valence-corrected chi connectivity index (χ2v) is 8.82. The van der Waals surface area contributed by atoms with E-state index in [2.05, 4.69) is 28.4 Å². The zero-order valence-corrected chi connectivity index (χ0v) is 18.7. The first-order valence-electron chi connectivity index (χ1n) is 9.99. The van der Waals surface area contributed by atoms with E-state index in [1.807, 2.05) is 31.2 Å². The number of amides is 1. The molecule has 7 heteroatoms. The van der Waals surface area contributed by atoms with E-state index in [0.29, 0.717) is 29.7 Å². The molecule has 4 rings (SSSR count). The third kappa shape index (κ3) is 4.47. The summed E-state index contributed by atoms with van der Waals surface area (Å²) in [5.41, 5.74) is 2.29. The number of nitrogens with one attached hydrogen (secondary N) is 1. The summed E-state index contributed by atoms with van der Waals surface area (Å²) in [6.07, 6.45) is 0. The van der Waals surface area contributed by atoms with Gasteiger partial charge in [0.1, 0.15) is 10.6 Å². The van der Waals surface area contributed by atoms with Gasteiger partial charge < -0.3 is 14.8 Å². The number of thiophene rings is 1. The SMILES string of the molecule is COc1ccc(C(CNC(=O)c2sc3cc(C)ccc3c2Cl)N2CCOCC2)cc1. The van der Waals surface area contributed by atoms with Gasteiger partial charge in [-0.25, -0.2) is 0 Å². The lowest BCUT2D eigenvalue weighted by Crippen LogP contribution is -2.43. The summed E-state index contributed by atoms with van der Waals surface area (Å²) in [5.74, 6) is 0.682. The number of halogens is 1. The zero-order chi connectivity index (χ0) is 21.1. The lowest BCUT2D eigenvalue weighted by molar-refractivity contribution is 0.0162. The smallest absolute Gasteiger partial charge is 0.262 e. The number of methoxy groups -OCH3 is 1. The highest BCUT2D eigenvalue weighted by Gasteiger charge is 2.25. The molecule has 3 aromatic rings. The number of hydrogen-bond donors (Lipinski definition) is 1. The Morgan fingerprint density at radius 2 is 1.97 bits per heavy atom. The Bertz CT molecular complexity index is 1030. The molecule has 1 atom stereocenters. The van der Waals surface area contributed by atoms with Crippen LogP contribution in [0.15, 0.2) is 42.5 Å². The van der Waals surface area contributed by atoms with Crippen molar-refractivity contribution in [2.24, 2.45) is 0 Å². The molecule has 0 bridgehead atoms. The van der Waals surface area contributed by atoms with Gasteiger partial charge in [0.05, 0.1) is 31.4 Å². The van der Waals surface area contributed by atoms with Gasteiger partial charge in [0.15, 0.2) is 0 Å². The van der Waals surface area contributed by atoms with Crippen molar-refractivity contribution in [1.82, 2.24) is 10.2 Å². The molecule has 1 fully saturated rings. The topological polar surface area (TPSA) is 50.8 Å². The summed E-state index contributed by atoms with van der Waals surface area (Å²) in [7, 11) is 1.66. The van der Waals surface area contributed by atoms with Crippen molar-refractivity contribution >= 4 is 38.9 Å². The molecule has 1 aromatic heterocycles. The van der Waals surface area contributed by atoms with Crippen molar-refractivity contribution in [3.05, 3.63) is 63.5 Å². The summed E-state index contributed by atoms with van der Waals surface area (Å²) in [6.45, 7) is 5.58. The van der Waals surface area contributed by atoms with Crippen molar-refractivity contribution in [2.75, 3.05) is 40.0 Å². The molecule has 0 spiro atoms. The van der Waals surface area contributed by atoms with Crippen LogP contribution in [0.4, 0.5) is 0 Å². The fourth-order valence-electron chi connectivity index (χ4n) is 3.76. The number of hydrogen-bond acceptors (Lipinski definition) is 5. The van der Waals surface area contributed by atoms with Crippen molar-refractivity contribution in [2.45, 2.75) is 13.0 Å². The number of aryl methyl sites for hydroxylation is 1. The monoisotopic (exact) mass is 444 g/mol. The molecule has 1 saturated heterocycles. The van der Waals surface area contributed by atoms with Gasteiger partial charge in [-0.05, 0) is 36.2 Å². The predicted molar refractivity (Wildman–Crippen MR) is 122 cm³/mol. The van der Waals surface area contributed by atoms with Crippen LogP contribution in [0.25, 0.3) is 10.1 Å². The molecule has 0 saturated carbocycles. The zero-order valence-electron chi connectivity index (χ0n) is 17.1. The summed E-state index contributed by atoms with van der Waals surface area (Å²) >= 11 is 7.97. The molecule has 1 unspecified atom stereocenters. The molecule has 5 nitrogen and oxygen atoms in total. The number of nitrogens with zero attached hydrogens (tertiary/aromatic N) is 1. The minimum atomic E-state index is -0.134. The van der Waals surface area contributed by atoms with E-state index in [1.165, 1.54) is 11.3 Å². The number of morpholine rings is 1. The van der Waals surface area contributed by atoms with Crippen molar-refractivity contribution < 1.29 is 14.3 Å². The second-order valence-electron chi connectivity index (χ2n) is 7.39. The number of carbonyl (C=O) groups excluding carboxylic acids is 1. The Hall–Kier alpha value is -2.12. The van der Waals surface area contributed by atoms with Crippen LogP contribution in [0.2, 0.25) is 5.02 Å². The van der Waals surface area contributed by atoms with Gasteiger partial charge in [0.2, 0.25) is 0 Å². The highest BCUT2D eigenvalue weighted by atomic mass is 35.5. The number of carbonyl (C=O) groups is 1. The number of benzene rings is 2. The molecular weight excluding hydrogens is 420 g/mol. The first kappa shape index (κ1) is 21.1. The van der Waals surface area contributed by atoms with Crippen molar-refractivity contribution in [3.63, 3.8) is 0 Å². The van der Waals surface area contributed by atoms with E-state index < -0.39 is 0 Å². The van der Waals surface area contributed by atoms with Gasteiger partial charge in [0, 0.05) is 29.7 Å². The average Bonchev–Trinajstić information content (AvgIpc) is 3.10. The first-order valence-corrected chi connectivity index (χ1v) is 11.2. The van der Waals surface area contributed by atoms with Crippen LogP contribution in [-0.2, 0) is 4.74 Å². The third-order valence-corrected chi connectivity index (χ3v) is 7.09. The van der Waals surface area contributed by atoms with Crippen molar-refractivity contribution in [3.8, 4) is 5.75 Å². The lowest BCUT2D eigenvalue weighted by Gasteiger charge is -2.35. The fraction of sp³-hybridized carbons (Fsp3) is 0.348. The Kier molecular flexibility index (Phi) is 6.58. The average molecular weight is 445 g/mol. The maximum atomic E-state index is 13.0. The fourth-order valence-corrected chi connectivity index (χ4v) is 5.29. The maximum absolute atomic E-state index is 13.0. The van der Waals surface area contributed by atoms with Gasteiger partial charge in [-0.15, -0.1) is 11.3 Å². The van der Waals surface area contributed by atoms with E-state index in [-0.39, 0.29) is 11.9 Å². The quantitative estimate of drug-likeness (QED) is 0.600. The van der Waals surface area contributed by atoms with Crippen LogP contribution in [0, 0.1) is 6.92 Å².